The molecule has 0 aliphatic carbocycles. The Kier molecular flexibility index (Phi) is 4.83. The molecule has 3 nitrogen and oxygen atoms in total. The molecule has 3 atom stereocenters. The highest BCUT2D eigenvalue weighted by Gasteiger charge is 2.33. The van der Waals surface area contributed by atoms with Gasteiger partial charge in [-0.15, -0.1) is 0 Å². The first kappa shape index (κ1) is 13.3. The van der Waals surface area contributed by atoms with Gasteiger partial charge in [0.2, 0.25) is 0 Å². The van der Waals surface area contributed by atoms with Crippen molar-refractivity contribution in [3.8, 4) is 0 Å². The number of ether oxygens (including phenoxy) is 1. The first-order valence-corrected chi connectivity index (χ1v) is 7.26. The quantitative estimate of drug-likeness (QED) is 0.818. The molecular weight excluding hydrogens is 212 g/mol. The van der Waals surface area contributed by atoms with Gasteiger partial charge in [-0.1, -0.05) is 6.92 Å². The van der Waals surface area contributed by atoms with Crippen LogP contribution in [0.2, 0.25) is 0 Å². The molecule has 0 saturated carbocycles. The van der Waals surface area contributed by atoms with Gasteiger partial charge in [-0.25, -0.2) is 0 Å². The first-order valence-electron chi connectivity index (χ1n) is 7.26. The molecule has 3 unspecified atom stereocenters. The topological polar surface area (TPSA) is 38.5 Å². The van der Waals surface area contributed by atoms with Gasteiger partial charge in [-0.2, -0.15) is 0 Å². The monoisotopic (exact) mass is 240 g/mol. The summed E-state index contributed by atoms with van der Waals surface area (Å²) in [5.41, 5.74) is 6.05. The molecule has 2 saturated heterocycles. The van der Waals surface area contributed by atoms with Gasteiger partial charge in [0.25, 0.3) is 0 Å². The summed E-state index contributed by atoms with van der Waals surface area (Å²) in [6.07, 6.45) is 5.06. The molecule has 2 N–H and O–H groups in total. The molecule has 0 aromatic rings. The number of nitrogens with two attached hydrogens (primary N) is 1. The normalized spacial score (nSPS) is 34.8. The van der Waals surface area contributed by atoms with Crippen LogP contribution in [0.5, 0.6) is 0 Å². The van der Waals surface area contributed by atoms with Crippen molar-refractivity contribution in [2.75, 3.05) is 26.3 Å². The van der Waals surface area contributed by atoms with E-state index in [1.165, 1.54) is 32.2 Å². The molecule has 3 heteroatoms. The van der Waals surface area contributed by atoms with Crippen LogP contribution in [0.15, 0.2) is 0 Å². The Morgan fingerprint density at radius 3 is 2.53 bits per heavy atom. The van der Waals surface area contributed by atoms with Gasteiger partial charge in [-0.05, 0) is 51.0 Å². The summed E-state index contributed by atoms with van der Waals surface area (Å²) in [5, 5.41) is 0. The molecule has 0 spiro atoms. The Labute approximate surface area is 106 Å². The minimum Gasteiger partial charge on any atom is -0.381 e. The summed E-state index contributed by atoms with van der Waals surface area (Å²) in [4.78, 5) is 2.68. The first-order chi connectivity index (χ1) is 8.22. The van der Waals surface area contributed by atoms with E-state index in [4.69, 9.17) is 10.5 Å². The van der Waals surface area contributed by atoms with E-state index in [0.29, 0.717) is 12.1 Å². The molecule has 2 aliphatic heterocycles. The predicted octanol–water partition coefficient (Wildman–Crippen LogP) is 1.86. The molecule has 0 aromatic heterocycles. The van der Waals surface area contributed by atoms with Crippen LogP contribution in [-0.2, 0) is 4.74 Å². The van der Waals surface area contributed by atoms with Gasteiger partial charge in [0.15, 0.2) is 0 Å². The fourth-order valence-corrected chi connectivity index (χ4v) is 3.62. The zero-order valence-corrected chi connectivity index (χ0v) is 11.4. The van der Waals surface area contributed by atoms with Gasteiger partial charge in [0.1, 0.15) is 0 Å². The van der Waals surface area contributed by atoms with Crippen molar-refractivity contribution in [1.82, 2.24) is 4.90 Å². The van der Waals surface area contributed by atoms with E-state index < -0.39 is 0 Å². The van der Waals surface area contributed by atoms with Crippen molar-refractivity contribution in [3.05, 3.63) is 0 Å². The van der Waals surface area contributed by atoms with Crippen molar-refractivity contribution < 1.29 is 4.74 Å². The van der Waals surface area contributed by atoms with E-state index >= 15 is 0 Å². The second-order valence-corrected chi connectivity index (χ2v) is 5.97. The van der Waals surface area contributed by atoms with E-state index in [9.17, 15) is 0 Å². The van der Waals surface area contributed by atoms with Gasteiger partial charge in [0, 0.05) is 31.8 Å². The highest BCUT2D eigenvalue weighted by molar-refractivity contribution is 4.88. The summed E-state index contributed by atoms with van der Waals surface area (Å²) in [5.74, 6) is 1.64. The summed E-state index contributed by atoms with van der Waals surface area (Å²) in [6.45, 7) is 8.65. The minimum atomic E-state index is 0.585. The number of likely N-dealkylation sites (tertiary alicyclic amines) is 1. The van der Waals surface area contributed by atoms with E-state index in [-0.39, 0.29) is 0 Å². The number of nitrogens with zero attached hydrogens (tertiary/aromatic N) is 1. The lowest BCUT2D eigenvalue weighted by atomic mass is 9.86. The van der Waals surface area contributed by atoms with Crippen LogP contribution in [0.25, 0.3) is 0 Å². The maximum absolute atomic E-state index is 6.05. The predicted molar refractivity (Wildman–Crippen MR) is 71.0 cm³/mol. The fraction of sp³-hybridized carbons (Fsp3) is 1.00. The average Bonchev–Trinajstić information content (AvgIpc) is 2.34. The molecular formula is C14H28N2O. The largest absolute Gasteiger partial charge is 0.381 e. The van der Waals surface area contributed by atoms with Crippen LogP contribution in [0.3, 0.4) is 0 Å². The number of hydrogen-bond donors (Lipinski definition) is 1. The second kappa shape index (κ2) is 6.17. The van der Waals surface area contributed by atoms with Crippen LogP contribution in [0, 0.1) is 11.8 Å². The molecule has 2 aliphatic rings. The lowest BCUT2D eigenvalue weighted by molar-refractivity contribution is 0.00121. The molecule has 0 aromatic carbocycles. The third-order valence-electron chi connectivity index (χ3n) is 4.67. The standard InChI is InChI=1S/C14H28N2O/c1-11-3-6-16(12(2)9-11)14(10-15)13-4-7-17-8-5-13/h11-14H,3-10,15H2,1-2H3. The molecule has 0 amide bonds. The summed E-state index contributed by atoms with van der Waals surface area (Å²) >= 11 is 0. The molecule has 2 rings (SSSR count). The third-order valence-corrected chi connectivity index (χ3v) is 4.67. The van der Waals surface area contributed by atoms with Crippen molar-refractivity contribution in [3.63, 3.8) is 0 Å². The Bertz CT molecular complexity index is 228. The van der Waals surface area contributed by atoms with E-state index in [1.54, 1.807) is 0 Å². The molecule has 2 fully saturated rings. The molecule has 0 bridgehead atoms. The third kappa shape index (κ3) is 3.21. The summed E-state index contributed by atoms with van der Waals surface area (Å²) in [7, 11) is 0. The molecule has 0 radical (unpaired) electrons. The summed E-state index contributed by atoms with van der Waals surface area (Å²) in [6, 6.07) is 1.29. The zero-order chi connectivity index (χ0) is 12.3. The fourth-order valence-electron chi connectivity index (χ4n) is 3.62. The van der Waals surface area contributed by atoms with Crippen molar-refractivity contribution in [2.24, 2.45) is 17.6 Å². The molecule has 2 heterocycles. The van der Waals surface area contributed by atoms with Crippen LogP contribution >= 0.6 is 0 Å². The van der Waals surface area contributed by atoms with E-state index in [0.717, 1.165) is 31.6 Å². The lowest BCUT2D eigenvalue weighted by Gasteiger charge is -2.45. The number of hydrogen-bond acceptors (Lipinski definition) is 3. The highest BCUT2D eigenvalue weighted by Crippen LogP contribution is 2.29. The summed E-state index contributed by atoms with van der Waals surface area (Å²) < 4.78 is 5.47. The average molecular weight is 240 g/mol. The number of piperidine rings is 1. The minimum absolute atomic E-state index is 0.585. The Balaban J connectivity index is 1.96. The van der Waals surface area contributed by atoms with Crippen LogP contribution in [0.4, 0.5) is 0 Å². The number of rotatable bonds is 3. The smallest absolute Gasteiger partial charge is 0.0469 e. The van der Waals surface area contributed by atoms with Crippen molar-refractivity contribution in [2.45, 2.75) is 51.6 Å². The zero-order valence-electron chi connectivity index (χ0n) is 11.4. The Morgan fingerprint density at radius 2 is 1.94 bits per heavy atom. The lowest BCUT2D eigenvalue weighted by Crippen LogP contribution is -2.53. The van der Waals surface area contributed by atoms with Crippen LogP contribution < -0.4 is 5.73 Å². The van der Waals surface area contributed by atoms with Gasteiger partial charge in [0.05, 0.1) is 0 Å². The van der Waals surface area contributed by atoms with E-state index in [2.05, 4.69) is 18.7 Å². The molecule has 100 valence electrons. The maximum atomic E-state index is 6.05. The van der Waals surface area contributed by atoms with Crippen LogP contribution in [0.1, 0.15) is 39.5 Å². The Morgan fingerprint density at radius 1 is 1.24 bits per heavy atom. The van der Waals surface area contributed by atoms with Crippen molar-refractivity contribution >= 4 is 0 Å². The van der Waals surface area contributed by atoms with Gasteiger partial charge < -0.3 is 10.5 Å². The van der Waals surface area contributed by atoms with Gasteiger partial charge in [-0.3, -0.25) is 4.90 Å². The highest BCUT2D eigenvalue weighted by atomic mass is 16.5. The molecule has 17 heavy (non-hydrogen) atoms. The second-order valence-electron chi connectivity index (χ2n) is 5.97. The SMILES string of the molecule is CC1CCN(C(CN)C2CCOCC2)C(C)C1. The van der Waals surface area contributed by atoms with Crippen LogP contribution in [-0.4, -0.2) is 43.3 Å². The maximum Gasteiger partial charge on any atom is 0.0469 e. The van der Waals surface area contributed by atoms with Gasteiger partial charge >= 0.3 is 0 Å². The Hall–Kier alpha value is -0.120. The van der Waals surface area contributed by atoms with E-state index in [1.807, 2.05) is 0 Å². The van der Waals surface area contributed by atoms with Crippen molar-refractivity contribution in [1.29, 1.82) is 0 Å².